The van der Waals surface area contributed by atoms with Crippen LogP contribution in [0.1, 0.15) is 5.69 Å². The van der Waals surface area contributed by atoms with Gasteiger partial charge in [-0.05, 0) is 11.5 Å². The fraction of sp³-hybridized carbons (Fsp3) is 0.0769. The van der Waals surface area contributed by atoms with Gasteiger partial charge in [0.1, 0.15) is 5.65 Å². The molecule has 17 heavy (non-hydrogen) atoms. The van der Waals surface area contributed by atoms with E-state index in [4.69, 9.17) is 5.11 Å². The maximum atomic E-state index is 10.7. The molecule has 0 atom stereocenters. The zero-order chi connectivity index (χ0) is 11.8. The van der Waals surface area contributed by atoms with Crippen LogP contribution < -0.4 is 0 Å². The third-order valence-electron chi connectivity index (χ3n) is 2.81. The van der Waals surface area contributed by atoms with Crippen LogP contribution in [0.5, 0.6) is 0 Å². The molecule has 0 radical (unpaired) electrons. The van der Waals surface area contributed by atoms with Crippen molar-refractivity contribution in [2.45, 2.75) is 6.42 Å². The van der Waals surface area contributed by atoms with E-state index in [2.05, 4.69) is 4.98 Å². The maximum absolute atomic E-state index is 10.7. The fourth-order valence-corrected chi connectivity index (χ4v) is 2.05. The average Bonchev–Trinajstić information content (AvgIpc) is 2.72. The Morgan fingerprint density at radius 3 is 2.94 bits per heavy atom. The molecule has 0 unspecified atom stereocenters. The molecule has 1 aromatic carbocycles. The number of fused-ring (bicyclic) bond motifs is 3. The quantitative estimate of drug-likeness (QED) is 0.728. The van der Waals surface area contributed by atoms with Gasteiger partial charge in [-0.3, -0.25) is 4.79 Å². The van der Waals surface area contributed by atoms with Crippen molar-refractivity contribution in [2.24, 2.45) is 0 Å². The van der Waals surface area contributed by atoms with Crippen LogP contribution in [0.3, 0.4) is 0 Å². The van der Waals surface area contributed by atoms with Gasteiger partial charge in [-0.1, -0.05) is 24.3 Å². The number of hydrogen-bond donors (Lipinski definition) is 1. The maximum Gasteiger partial charge on any atom is 0.309 e. The van der Waals surface area contributed by atoms with Crippen molar-refractivity contribution in [1.29, 1.82) is 0 Å². The number of benzene rings is 1. The minimum Gasteiger partial charge on any atom is -0.481 e. The molecule has 0 bridgehead atoms. The number of carbonyl (C=O) groups is 1. The summed E-state index contributed by atoms with van der Waals surface area (Å²) < 4.78 is 1.83. The Morgan fingerprint density at radius 2 is 2.12 bits per heavy atom. The summed E-state index contributed by atoms with van der Waals surface area (Å²) in [5.41, 5.74) is 1.50. The van der Waals surface area contributed by atoms with Crippen molar-refractivity contribution < 1.29 is 9.90 Å². The molecule has 84 valence electrons. The van der Waals surface area contributed by atoms with Crippen LogP contribution in [0, 0.1) is 0 Å². The summed E-state index contributed by atoms with van der Waals surface area (Å²) in [6.07, 6.45) is 3.47. The number of rotatable bonds is 2. The summed E-state index contributed by atoms with van der Waals surface area (Å²) in [5.74, 6) is -0.847. The topological polar surface area (TPSA) is 54.6 Å². The fourth-order valence-electron chi connectivity index (χ4n) is 2.05. The Bertz CT molecular complexity index is 716. The zero-order valence-corrected chi connectivity index (χ0v) is 9.00. The lowest BCUT2D eigenvalue weighted by molar-refractivity contribution is -0.136. The smallest absolute Gasteiger partial charge is 0.309 e. The SMILES string of the molecule is O=C(O)Cc1cnc2c3ccccc3ccn12. The number of imidazole rings is 1. The molecule has 4 heteroatoms. The molecule has 0 saturated carbocycles. The van der Waals surface area contributed by atoms with Gasteiger partial charge in [0.15, 0.2) is 0 Å². The predicted molar refractivity (Wildman–Crippen MR) is 64.0 cm³/mol. The van der Waals surface area contributed by atoms with Gasteiger partial charge >= 0.3 is 5.97 Å². The van der Waals surface area contributed by atoms with E-state index < -0.39 is 5.97 Å². The van der Waals surface area contributed by atoms with E-state index in [9.17, 15) is 4.79 Å². The predicted octanol–water partition coefficient (Wildman–Crippen LogP) is 2.11. The largest absolute Gasteiger partial charge is 0.481 e. The summed E-state index contributed by atoms with van der Waals surface area (Å²) in [4.78, 5) is 15.0. The molecule has 0 aliphatic heterocycles. The van der Waals surface area contributed by atoms with E-state index >= 15 is 0 Å². The van der Waals surface area contributed by atoms with Crippen LogP contribution in [0.15, 0.2) is 42.7 Å². The van der Waals surface area contributed by atoms with Crippen molar-refractivity contribution in [3.63, 3.8) is 0 Å². The number of nitrogens with zero attached hydrogens (tertiary/aromatic N) is 2. The Hall–Kier alpha value is -2.36. The molecule has 0 saturated heterocycles. The Labute approximate surface area is 97.1 Å². The second kappa shape index (κ2) is 3.59. The molecule has 0 fully saturated rings. The van der Waals surface area contributed by atoms with E-state index in [1.54, 1.807) is 6.20 Å². The summed E-state index contributed by atoms with van der Waals surface area (Å²) in [7, 11) is 0. The summed E-state index contributed by atoms with van der Waals surface area (Å²) in [5, 5.41) is 11.0. The van der Waals surface area contributed by atoms with Crippen molar-refractivity contribution in [3.05, 3.63) is 48.4 Å². The zero-order valence-electron chi connectivity index (χ0n) is 9.00. The summed E-state index contributed by atoms with van der Waals surface area (Å²) in [6, 6.07) is 9.90. The van der Waals surface area contributed by atoms with Crippen LogP contribution in [-0.4, -0.2) is 20.5 Å². The molecule has 0 amide bonds. The van der Waals surface area contributed by atoms with Crippen LogP contribution in [0.2, 0.25) is 0 Å². The van der Waals surface area contributed by atoms with Gasteiger partial charge in [-0.2, -0.15) is 0 Å². The minimum absolute atomic E-state index is 0.0144. The first-order chi connectivity index (χ1) is 8.25. The molecule has 0 aliphatic carbocycles. The molecule has 2 aromatic heterocycles. The molecule has 0 spiro atoms. The highest BCUT2D eigenvalue weighted by Gasteiger charge is 2.09. The minimum atomic E-state index is -0.847. The molecule has 3 aromatic rings. The number of carboxylic acid groups (broad SMARTS) is 1. The highest BCUT2D eigenvalue weighted by Crippen LogP contribution is 2.19. The van der Waals surface area contributed by atoms with Gasteiger partial charge in [0.2, 0.25) is 0 Å². The molecular weight excluding hydrogens is 216 g/mol. The van der Waals surface area contributed by atoms with Crippen LogP contribution in [0.25, 0.3) is 16.4 Å². The normalized spacial score (nSPS) is 11.1. The number of aromatic nitrogens is 2. The van der Waals surface area contributed by atoms with Crippen molar-refractivity contribution in [1.82, 2.24) is 9.38 Å². The van der Waals surface area contributed by atoms with E-state index in [1.807, 2.05) is 40.9 Å². The van der Waals surface area contributed by atoms with Gasteiger partial charge in [0.25, 0.3) is 0 Å². The molecule has 2 heterocycles. The van der Waals surface area contributed by atoms with Gasteiger partial charge in [-0.25, -0.2) is 4.98 Å². The van der Waals surface area contributed by atoms with Gasteiger partial charge in [-0.15, -0.1) is 0 Å². The van der Waals surface area contributed by atoms with Gasteiger partial charge in [0.05, 0.1) is 12.1 Å². The first-order valence-electron chi connectivity index (χ1n) is 5.31. The Kier molecular flexibility index (Phi) is 2.08. The third kappa shape index (κ3) is 1.54. The Balaban J connectivity index is 2.31. The van der Waals surface area contributed by atoms with Crippen LogP contribution in [-0.2, 0) is 11.2 Å². The molecule has 4 nitrogen and oxygen atoms in total. The summed E-state index contributed by atoms with van der Waals surface area (Å²) >= 11 is 0. The lowest BCUT2D eigenvalue weighted by Gasteiger charge is -2.02. The van der Waals surface area contributed by atoms with Crippen molar-refractivity contribution >= 4 is 22.4 Å². The van der Waals surface area contributed by atoms with E-state index in [-0.39, 0.29) is 6.42 Å². The second-order valence-corrected chi connectivity index (χ2v) is 3.92. The number of hydrogen-bond acceptors (Lipinski definition) is 2. The van der Waals surface area contributed by atoms with Gasteiger partial charge in [0, 0.05) is 17.8 Å². The highest BCUT2D eigenvalue weighted by molar-refractivity contribution is 5.94. The monoisotopic (exact) mass is 226 g/mol. The van der Waals surface area contributed by atoms with E-state index in [1.165, 1.54) is 0 Å². The number of aliphatic carboxylic acids is 1. The lowest BCUT2D eigenvalue weighted by Crippen LogP contribution is -2.02. The molecule has 3 rings (SSSR count). The standard InChI is InChI=1S/C13H10N2O2/c16-12(17)7-10-8-14-13-11-4-2-1-3-9(11)5-6-15(10)13/h1-6,8H,7H2,(H,16,17). The number of carboxylic acids is 1. The van der Waals surface area contributed by atoms with Gasteiger partial charge < -0.3 is 9.51 Å². The average molecular weight is 226 g/mol. The summed E-state index contributed by atoms with van der Waals surface area (Å²) in [6.45, 7) is 0. The Morgan fingerprint density at radius 1 is 1.29 bits per heavy atom. The van der Waals surface area contributed by atoms with Crippen molar-refractivity contribution in [3.8, 4) is 0 Å². The third-order valence-corrected chi connectivity index (χ3v) is 2.81. The first-order valence-corrected chi connectivity index (χ1v) is 5.31. The van der Waals surface area contributed by atoms with Crippen molar-refractivity contribution in [2.75, 3.05) is 0 Å². The highest BCUT2D eigenvalue weighted by atomic mass is 16.4. The molecule has 0 aliphatic rings. The van der Waals surface area contributed by atoms with Crippen LogP contribution in [0.4, 0.5) is 0 Å². The first kappa shape index (κ1) is 9.84. The van der Waals surface area contributed by atoms with Crippen LogP contribution >= 0.6 is 0 Å². The molecular formula is C13H10N2O2. The van der Waals surface area contributed by atoms with E-state index in [0.29, 0.717) is 5.69 Å². The second-order valence-electron chi connectivity index (χ2n) is 3.92. The molecule has 1 N–H and O–H groups in total. The lowest BCUT2D eigenvalue weighted by atomic mass is 10.2. The number of pyridine rings is 1. The van der Waals surface area contributed by atoms with E-state index in [0.717, 1.165) is 16.4 Å².